The maximum atomic E-state index is 12.2. The summed E-state index contributed by atoms with van der Waals surface area (Å²) in [4.78, 5) is 12.2. The molecule has 0 amide bonds. The quantitative estimate of drug-likeness (QED) is 0.458. The standard InChI is InChI=1S/C22H26O5S/c1-24-17-10-8-16(9-11-17)15-28-14-4-7-18-19(21(23)25-2)5-3-6-20(18)22-26-12-13-27-22/h3,5-6,8-11,22H,4,7,12-15H2,1-2H3. The Morgan fingerprint density at radius 2 is 1.86 bits per heavy atom. The first-order valence-corrected chi connectivity index (χ1v) is 10.5. The number of hydrogen-bond donors (Lipinski definition) is 0. The normalized spacial score (nSPS) is 14.2. The van der Waals surface area contributed by atoms with Crippen LogP contribution in [0.1, 0.15) is 39.8 Å². The Labute approximate surface area is 170 Å². The first-order valence-electron chi connectivity index (χ1n) is 9.37. The zero-order valence-corrected chi connectivity index (χ0v) is 17.1. The number of rotatable bonds is 9. The molecule has 0 aromatic heterocycles. The summed E-state index contributed by atoms with van der Waals surface area (Å²) in [5, 5.41) is 0. The number of ether oxygens (including phenoxy) is 4. The van der Waals surface area contributed by atoms with Gasteiger partial charge in [0, 0.05) is 11.3 Å². The molecule has 1 aliphatic rings. The largest absolute Gasteiger partial charge is 0.497 e. The van der Waals surface area contributed by atoms with Crippen LogP contribution < -0.4 is 4.74 Å². The molecule has 0 saturated carbocycles. The van der Waals surface area contributed by atoms with Crippen molar-refractivity contribution >= 4 is 17.7 Å². The summed E-state index contributed by atoms with van der Waals surface area (Å²) in [6.45, 7) is 1.15. The van der Waals surface area contributed by atoms with E-state index in [2.05, 4.69) is 12.1 Å². The zero-order chi connectivity index (χ0) is 19.8. The molecule has 3 rings (SSSR count). The maximum absolute atomic E-state index is 12.2. The van der Waals surface area contributed by atoms with Gasteiger partial charge in [-0.15, -0.1) is 0 Å². The minimum Gasteiger partial charge on any atom is -0.497 e. The van der Waals surface area contributed by atoms with Crippen LogP contribution in [0.25, 0.3) is 0 Å². The van der Waals surface area contributed by atoms with Crippen molar-refractivity contribution in [3.8, 4) is 5.75 Å². The molecule has 2 aromatic carbocycles. The minimum atomic E-state index is -0.397. The summed E-state index contributed by atoms with van der Waals surface area (Å²) < 4.78 is 21.5. The zero-order valence-electron chi connectivity index (χ0n) is 16.3. The van der Waals surface area contributed by atoms with Crippen molar-refractivity contribution in [3.63, 3.8) is 0 Å². The Balaban J connectivity index is 1.59. The van der Waals surface area contributed by atoms with Crippen LogP contribution in [0.15, 0.2) is 42.5 Å². The SMILES string of the molecule is COC(=O)c1cccc(C2OCCO2)c1CCCSCc1ccc(OC)cc1. The molecule has 5 nitrogen and oxygen atoms in total. The van der Waals surface area contributed by atoms with E-state index in [9.17, 15) is 4.79 Å². The lowest BCUT2D eigenvalue weighted by atomic mass is 9.96. The summed E-state index contributed by atoms with van der Waals surface area (Å²) in [5.74, 6) is 2.50. The summed E-state index contributed by atoms with van der Waals surface area (Å²) in [6.07, 6.45) is 1.33. The third-order valence-electron chi connectivity index (χ3n) is 4.64. The second kappa shape index (κ2) is 10.5. The summed E-state index contributed by atoms with van der Waals surface area (Å²) in [7, 11) is 3.08. The number of carbonyl (C=O) groups excluding carboxylic acids is 1. The molecule has 150 valence electrons. The van der Waals surface area contributed by atoms with E-state index in [-0.39, 0.29) is 5.97 Å². The molecule has 1 heterocycles. The van der Waals surface area contributed by atoms with Crippen LogP contribution in [-0.4, -0.2) is 39.2 Å². The van der Waals surface area contributed by atoms with E-state index >= 15 is 0 Å². The highest BCUT2D eigenvalue weighted by atomic mass is 32.2. The van der Waals surface area contributed by atoms with Crippen molar-refractivity contribution < 1.29 is 23.7 Å². The molecule has 0 radical (unpaired) electrons. The van der Waals surface area contributed by atoms with Crippen LogP contribution in [0.5, 0.6) is 5.75 Å². The van der Waals surface area contributed by atoms with E-state index < -0.39 is 6.29 Å². The van der Waals surface area contributed by atoms with Gasteiger partial charge in [-0.3, -0.25) is 0 Å². The molecular weight excluding hydrogens is 376 g/mol. The molecule has 0 N–H and O–H groups in total. The molecule has 6 heteroatoms. The number of esters is 1. The van der Waals surface area contributed by atoms with Gasteiger partial charge in [-0.2, -0.15) is 11.8 Å². The monoisotopic (exact) mass is 402 g/mol. The van der Waals surface area contributed by atoms with Crippen molar-refractivity contribution in [2.24, 2.45) is 0 Å². The second-order valence-corrected chi connectivity index (χ2v) is 7.55. The molecule has 0 unspecified atom stereocenters. The molecular formula is C22H26O5S. The molecule has 0 atom stereocenters. The fourth-order valence-electron chi connectivity index (χ4n) is 3.21. The van der Waals surface area contributed by atoms with Crippen LogP contribution in [-0.2, 0) is 26.4 Å². The van der Waals surface area contributed by atoms with Gasteiger partial charge in [0.15, 0.2) is 6.29 Å². The Hall–Kier alpha value is -2.02. The van der Waals surface area contributed by atoms with Crippen molar-refractivity contribution in [1.82, 2.24) is 0 Å². The predicted octanol–water partition coefficient (Wildman–Crippen LogP) is 4.39. The van der Waals surface area contributed by atoms with Crippen LogP contribution in [0.4, 0.5) is 0 Å². The third-order valence-corrected chi connectivity index (χ3v) is 5.75. The van der Waals surface area contributed by atoms with Gasteiger partial charge < -0.3 is 18.9 Å². The average molecular weight is 403 g/mol. The van der Waals surface area contributed by atoms with Gasteiger partial charge in [-0.05, 0) is 47.9 Å². The molecule has 0 aliphatic carbocycles. The lowest BCUT2D eigenvalue weighted by Gasteiger charge is -2.17. The predicted molar refractivity (Wildman–Crippen MR) is 110 cm³/mol. The lowest BCUT2D eigenvalue weighted by molar-refractivity contribution is -0.0447. The molecule has 1 aliphatic heterocycles. The van der Waals surface area contributed by atoms with Gasteiger partial charge in [0.1, 0.15) is 5.75 Å². The Morgan fingerprint density at radius 1 is 1.11 bits per heavy atom. The van der Waals surface area contributed by atoms with Gasteiger partial charge in [0.2, 0.25) is 0 Å². The number of hydrogen-bond acceptors (Lipinski definition) is 6. The van der Waals surface area contributed by atoms with E-state index in [4.69, 9.17) is 18.9 Å². The maximum Gasteiger partial charge on any atom is 0.338 e. The van der Waals surface area contributed by atoms with Gasteiger partial charge in [-0.25, -0.2) is 4.79 Å². The average Bonchev–Trinajstić information content (AvgIpc) is 3.28. The van der Waals surface area contributed by atoms with Crippen LogP contribution >= 0.6 is 11.8 Å². The fraction of sp³-hybridized carbons (Fsp3) is 0.409. The molecule has 1 fully saturated rings. The molecule has 2 aromatic rings. The molecule has 0 spiro atoms. The van der Waals surface area contributed by atoms with Crippen molar-refractivity contribution in [3.05, 3.63) is 64.7 Å². The van der Waals surface area contributed by atoms with Crippen molar-refractivity contribution in [2.45, 2.75) is 24.9 Å². The molecule has 0 bridgehead atoms. The topological polar surface area (TPSA) is 54.0 Å². The van der Waals surface area contributed by atoms with Crippen molar-refractivity contribution in [2.75, 3.05) is 33.2 Å². The summed E-state index contributed by atoms with van der Waals surface area (Å²) >= 11 is 1.88. The first-order chi connectivity index (χ1) is 13.7. The van der Waals surface area contributed by atoms with E-state index in [1.165, 1.54) is 12.7 Å². The van der Waals surface area contributed by atoms with E-state index in [0.717, 1.165) is 41.2 Å². The Bertz CT molecular complexity index is 769. The highest BCUT2D eigenvalue weighted by molar-refractivity contribution is 7.98. The number of carbonyl (C=O) groups is 1. The van der Waals surface area contributed by atoms with E-state index in [0.29, 0.717) is 18.8 Å². The lowest BCUT2D eigenvalue weighted by Crippen LogP contribution is -2.11. The third kappa shape index (κ3) is 5.28. The van der Waals surface area contributed by atoms with Gasteiger partial charge in [-0.1, -0.05) is 24.3 Å². The van der Waals surface area contributed by atoms with Gasteiger partial charge in [0.25, 0.3) is 0 Å². The minimum absolute atomic E-state index is 0.319. The fourth-order valence-corrected chi connectivity index (χ4v) is 4.13. The molecule has 28 heavy (non-hydrogen) atoms. The number of methoxy groups -OCH3 is 2. The van der Waals surface area contributed by atoms with Crippen LogP contribution in [0.3, 0.4) is 0 Å². The molecule has 1 saturated heterocycles. The van der Waals surface area contributed by atoms with Crippen LogP contribution in [0.2, 0.25) is 0 Å². The Morgan fingerprint density at radius 3 is 2.54 bits per heavy atom. The smallest absolute Gasteiger partial charge is 0.338 e. The highest BCUT2D eigenvalue weighted by Crippen LogP contribution is 2.30. The van der Waals surface area contributed by atoms with E-state index in [1.54, 1.807) is 7.11 Å². The highest BCUT2D eigenvalue weighted by Gasteiger charge is 2.24. The van der Waals surface area contributed by atoms with Crippen LogP contribution in [0, 0.1) is 0 Å². The van der Waals surface area contributed by atoms with Gasteiger partial charge >= 0.3 is 5.97 Å². The van der Waals surface area contributed by atoms with E-state index in [1.807, 2.05) is 42.1 Å². The summed E-state index contributed by atoms with van der Waals surface area (Å²) in [5.41, 5.74) is 3.76. The van der Waals surface area contributed by atoms with Crippen molar-refractivity contribution in [1.29, 1.82) is 0 Å². The van der Waals surface area contributed by atoms with Gasteiger partial charge in [0.05, 0.1) is 33.0 Å². The second-order valence-electron chi connectivity index (χ2n) is 6.44. The Kier molecular flexibility index (Phi) is 7.77. The number of benzene rings is 2. The summed E-state index contributed by atoms with van der Waals surface area (Å²) in [6, 6.07) is 13.8. The number of thioether (sulfide) groups is 1. The first kappa shape index (κ1) is 20.7.